The highest BCUT2D eigenvalue weighted by molar-refractivity contribution is 5.59. The molecule has 0 fully saturated rings. The molecule has 0 aliphatic rings. The predicted octanol–water partition coefficient (Wildman–Crippen LogP) is 9.83. The first-order valence-corrected chi connectivity index (χ1v) is 13.3. The smallest absolute Gasteiger partial charge is 0.421 e. The molecule has 226 valence electrons. The molecule has 4 N–H and O–H groups in total. The maximum Gasteiger partial charge on any atom is 0.421 e. The summed E-state index contributed by atoms with van der Waals surface area (Å²) in [6.07, 6.45) is -9.41. The highest BCUT2D eigenvalue weighted by Gasteiger charge is 2.38. The van der Waals surface area contributed by atoms with Crippen molar-refractivity contribution in [3.8, 4) is 23.0 Å². The van der Waals surface area contributed by atoms with Crippen molar-refractivity contribution >= 4 is 11.4 Å². The number of hydrogen-bond acceptors (Lipinski definition) is 4. The lowest BCUT2D eigenvalue weighted by Crippen LogP contribution is -2.25. The summed E-state index contributed by atoms with van der Waals surface area (Å²) in [6, 6.07) is 30.2. The van der Waals surface area contributed by atoms with Crippen molar-refractivity contribution in [1.29, 1.82) is 0 Å². The van der Waals surface area contributed by atoms with E-state index < -0.39 is 51.8 Å². The summed E-state index contributed by atoms with van der Waals surface area (Å²) in [6.45, 7) is 1.97. The Balaban J connectivity index is 1.48. The van der Waals surface area contributed by atoms with Gasteiger partial charge in [-0.05, 0) is 72.1 Å². The molecular weight excluding hydrogens is 582 g/mol. The fourth-order valence-corrected chi connectivity index (χ4v) is 5.11. The molecular formula is C34H26F6N2O2. The monoisotopic (exact) mass is 608 g/mol. The summed E-state index contributed by atoms with van der Waals surface area (Å²) >= 11 is 0. The number of alkyl halides is 6. The highest BCUT2D eigenvalue weighted by Crippen LogP contribution is 2.45. The fourth-order valence-electron chi connectivity index (χ4n) is 5.11. The van der Waals surface area contributed by atoms with Gasteiger partial charge in [0.1, 0.15) is 34.1 Å². The van der Waals surface area contributed by atoms with Gasteiger partial charge in [-0.3, -0.25) is 0 Å². The molecule has 0 unspecified atom stereocenters. The molecule has 0 amide bonds. The lowest BCUT2D eigenvalue weighted by atomic mass is 9.71. The number of rotatable bonds is 7. The van der Waals surface area contributed by atoms with Crippen LogP contribution in [0, 0.1) is 0 Å². The maximum atomic E-state index is 13.6. The van der Waals surface area contributed by atoms with Crippen LogP contribution in [-0.2, 0) is 17.8 Å². The number of hydrogen-bond donors (Lipinski definition) is 2. The summed E-state index contributed by atoms with van der Waals surface area (Å²) in [5.41, 5.74) is 9.87. The first kappa shape index (κ1) is 30.3. The van der Waals surface area contributed by atoms with E-state index in [2.05, 4.69) is 0 Å². The fraction of sp³-hybridized carbons (Fsp3) is 0.118. The Labute approximate surface area is 249 Å². The first-order chi connectivity index (χ1) is 20.8. The third kappa shape index (κ3) is 6.01. The standard InChI is InChI=1S/C34H26F6N2O2/c1-32(21-7-3-2-4-8-21,22-13-17-24(18-14-22)43-28-11-5-9-26(41)30(28)33(35,36)37)23-15-19-25(20-16-23)44-29-12-6-10-27(42)31(29)34(38,39)40/h2-20H,41-42H2,1H3. The van der Waals surface area contributed by atoms with Gasteiger partial charge in [0, 0.05) is 16.8 Å². The molecule has 0 atom stereocenters. The second-order valence-corrected chi connectivity index (χ2v) is 10.2. The SMILES string of the molecule is CC(c1ccccc1)(c1ccc(Oc2cccc(N)c2C(F)(F)F)cc1)c1ccc(Oc2cccc(N)c2C(F)(F)F)cc1. The van der Waals surface area contributed by atoms with Crippen LogP contribution in [0.1, 0.15) is 34.7 Å². The van der Waals surface area contributed by atoms with Gasteiger partial charge in [-0.25, -0.2) is 0 Å². The van der Waals surface area contributed by atoms with Gasteiger partial charge in [0.25, 0.3) is 0 Å². The Bertz CT molecular complexity index is 1640. The molecule has 10 heteroatoms. The summed E-state index contributed by atoms with van der Waals surface area (Å²) < 4.78 is 92.9. The third-order valence-electron chi connectivity index (χ3n) is 7.35. The predicted molar refractivity (Wildman–Crippen MR) is 157 cm³/mol. The molecule has 0 aromatic heterocycles. The van der Waals surface area contributed by atoms with Crippen molar-refractivity contribution in [1.82, 2.24) is 0 Å². The van der Waals surface area contributed by atoms with Gasteiger partial charge < -0.3 is 20.9 Å². The van der Waals surface area contributed by atoms with E-state index in [0.29, 0.717) is 0 Å². The Hall–Kier alpha value is -5.12. The lowest BCUT2D eigenvalue weighted by molar-refractivity contribution is -0.138. The van der Waals surface area contributed by atoms with Crippen LogP contribution in [0.15, 0.2) is 115 Å². The van der Waals surface area contributed by atoms with E-state index in [1.807, 2.05) is 37.3 Å². The molecule has 0 radical (unpaired) electrons. The number of nitrogens with two attached hydrogens (primary N) is 2. The quantitative estimate of drug-likeness (QED) is 0.110. The topological polar surface area (TPSA) is 70.5 Å². The maximum absolute atomic E-state index is 13.6. The van der Waals surface area contributed by atoms with E-state index in [4.69, 9.17) is 20.9 Å². The molecule has 0 heterocycles. The van der Waals surface area contributed by atoms with Crippen molar-refractivity contribution in [3.63, 3.8) is 0 Å². The first-order valence-electron chi connectivity index (χ1n) is 13.3. The second kappa shape index (κ2) is 11.5. The van der Waals surface area contributed by atoms with Crippen LogP contribution in [0.2, 0.25) is 0 Å². The minimum Gasteiger partial charge on any atom is -0.457 e. The van der Waals surface area contributed by atoms with Crippen molar-refractivity contribution < 1.29 is 35.8 Å². The molecule has 5 rings (SSSR count). The number of benzene rings is 5. The Morgan fingerprint density at radius 2 is 0.818 bits per heavy atom. The van der Waals surface area contributed by atoms with Gasteiger partial charge in [-0.15, -0.1) is 0 Å². The molecule has 0 saturated heterocycles. The van der Waals surface area contributed by atoms with Crippen LogP contribution in [-0.4, -0.2) is 0 Å². The molecule has 0 bridgehead atoms. The van der Waals surface area contributed by atoms with Gasteiger partial charge in [0.15, 0.2) is 0 Å². The van der Waals surface area contributed by atoms with Crippen LogP contribution in [0.4, 0.5) is 37.7 Å². The van der Waals surface area contributed by atoms with Gasteiger partial charge in [-0.2, -0.15) is 26.3 Å². The van der Waals surface area contributed by atoms with Crippen molar-refractivity contribution in [2.75, 3.05) is 11.5 Å². The average Bonchev–Trinajstić information content (AvgIpc) is 2.97. The molecule has 0 spiro atoms. The van der Waals surface area contributed by atoms with Crippen molar-refractivity contribution in [2.24, 2.45) is 0 Å². The molecule has 5 aromatic rings. The van der Waals surface area contributed by atoms with Crippen LogP contribution >= 0.6 is 0 Å². The minimum atomic E-state index is -4.70. The Morgan fingerprint density at radius 3 is 1.18 bits per heavy atom. The summed E-state index contributed by atoms with van der Waals surface area (Å²) in [4.78, 5) is 0. The summed E-state index contributed by atoms with van der Waals surface area (Å²) in [7, 11) is 0. The van der Waals surface area contributed by atoms with Crippen molar-refractivity contribution in [3.05, 3.63) is 143 Å². The molecule has 0 aliphatic heterocycles. The Morgan fingerprint density at radius 1 is 0.455 bits per heavy atom. The van der Waals surface area contributed by atoms with Gasteiger partial charge >= 0.3 is 12.4 Å². The summed E-state index contributed by atoms with van der Waals surface area (Å²) in [5, 5.41) is 0. The minimum absolute atomic E-state index is 0.173. The average molecular weight is 609 g/mol. The number of halogens is 6. The van der Waals surface area contributed by atoms with Gasteiger partial charge in [0.05, 0.1) is 0 Å². The number of ether oxygens (including phenoxy) is 2. The van der Waals surface area contributed by atoms with Crippen LogP contribution < -0.4 is 20.9 Å². The van der Waals surface area contributed by atoms with E-state index in [1.165, 1.54) is 24.3 Å². The van der Waals surface area contributed by atoms with E-state index >= 15 is 0 Å². The molecule has 44 heavy (non-hydrogen) atoms. The van der Waals surface area contributed by atoms with Crippen molar-refractivity contribution in [2.45, 2.75) is 24.7 Å². The van der Waals surface area contributed by atoms with Crippen LogP contribution in [0.5, 0.6) is 23.0 Å². The molecule has 0 saturated carbocycles. The van der Waals surface area contributed by atoms with E-state index in [1.54, 1.807) is 48.5 Å². The second-order valence-electron chi connectivity index (χ2n) is 10.2. The lowest BCUT2D eigenvalue weighted by Gasteiger charge is -2.32. The molecule has 0 aliphatic carbocycles. The normalized spacial score (nSPS) is 12.2. The third-order valence-corrected chi connectivity index (χ3v) is 7.35. The highest BCUT2D eigenvalue weighted by atomic mass is 19.4. The largest absolute Gasteiger partial charge is 0.457 e. The van der Waals surface area contributed by atoms with E-state index in [0.717, 1.165) is 28.8 Å². The zero-order valence-electron chi connectivity index (χ0n) is 23.2. The van der Waals surface area contributed by atoms with E-state index in [9.17, 15) is 26.3 Å². The molecule has 5 aromatic carbocycles. The van der Waals surface area contributed by atoms with Gasteiger partial charge in [0.2, 0.25) is 0 Å². The number of anilines is 2. The van der Waals surface area contributed by atoms with Crippen LogP contribution in [0.25, 0.3) is 0 Å². The zero-order chi connectivity index (χ0) is 31.7. The molecule has 4 nitrogen and oxygen atoms in total. The van der Waals surface area contributed by atoms with Gasteiger partial charge in [-0.1, -0.05) is 66.7 Å². The van der Waals surface area contributed by atoms with Crippen LogP contribution in [0.3, 0.4) is 0 Å². The zero-order valence-corrected chi connectivity index (χ0v) is 23.2. The summed E-state index contributed by atoms with van der Waals surface area (Å²) in [5.74, 6) is -0.487. The number of nitrogen functional groups attached to an aromatic ring is 2. The van der Waals surface area contributed by atoms with E-state index in [-0.39, 0.29) is 11.5 Å². The Kier molecular flexibility index (Phi) is 7.94.